The minimum Gasteiger partial charge on any atom is -0.508 e. The molecule has 0 heterocycles. The fraction of sp³-hybridized carbons (Fsp3) is 0.125. The van der Waals surface area contributed by atoms with Crippen molar-refractivity contribution < 1.29 is 27.9 Å². The molecule has 120 valence electrons. The first-order valence-electron chi connectivity index (χ1n) is 6.54. The number of carbonyl (C=O) groups is 2. The van der Waals surface area contributed by atoms with Crippen LogP contribution in [-0.2, 0) is 4.79 Å². The fourth-order valence-corrected chi connectivity index (χ4v) is 2.05. The molecule has 4 nitrogen and oxygen atoms in total. The molecule has 23 heavy (non-hydrogen) atoms. The van der Waals surface area contributed by atoms with Gasteiger partial charge in [-0.25, -0.2) is 13.2 Å². The molecule has 0 spiro atoms. The summed E-state index contributed by atoms with van der Waals surface area (Å²) in [6.07, 6.45) is 0. The number of hydrogen-bond acceptors (Lipinski definition) is 3. The van der Waals surface area contributed by atoms with Gasteiger partial charge < -0.3 is 10.0 Å². The first kappa shape index (κ1) is 16.5. The van der Waals surface area contributed by atoms with Crippen LogP contribution < -0.4 is 4.90 Å². The summed E-state index contributed by atoms with van der Waals surface area (Å²) in [5.74, 6) is -5.69. The van der Waals surface area contributed by atoms with Crippen LogP contribution in [-0.4, -0.2) is 23.3 Å². The zero-order valence-electron chi connectivity index (χ0n) is 12.0. The fourth-order valence-electron chi connectivity index (χ4n) is 2.05. The van der Waals surface area contributed by atoms with Gasteiger partial charge in [-0.05, 0) is 19.1 Å². The first-order chi connectivity index (χ1) is 10.8. The SMILES string of the molecule is CC(=O)CN(C(=O)c1c(F)cc(F)cc1F)c1cccc(O)c1. The molecule has 0 aliphatic heterocycles. The summed E-state index contributed by atoms with van der Waals surface area (Å²) in [5.41, 5.74) is -0.899. The molecule has 0 saturated heterocycles. The van der Waals surface area contributed by atoms with E-state index in [0.29, 0.717) is 12.1 Å². The van der Waals surface area contributed by atoms with Crippen LogP contribution in [0.1, 0.15) is 17.3 Å². The average Bonchev–Trinajstić information content (AvgIpc) is 2.43. The Bertz CT molecular complexity index is 754. The topological polar surface area (TPSA) is 57.6 Å². The molecule has 0 radical (unpaired) electrons. The second-order valence-electron chi connectivity index (χ2n) is 4.86. The number of nitrogens with zero attached hydrogens (tertiary/aromatic N) is 1. The summed E-state index contributed by atoms with van der Waals surface area (Å²) in [6.45, 7) is 0.735. The van der Waals surface area contributed by atoms with Gasteiger partial charge in [-0.1, -0.05) is 6.07 Å². The van der Waals surface area contributed by atoms with Gasteiger partial charge in [0.15, 0.2) is 0 Å². The van der Waals surface area contributed by atoms with E-state index < -0.39 is 41.3 Å². The van der Waals surface area contributed by atoms with Crippen molar-refractivity contribution in [2.24, 2.45) is 0 Å². The number of ketones is 1. The molecule has 0 aromatic heterocycles. The molecule has 2 aromatic rings. The lowest BCUT2D eigenvalue weighted by Crippen LogP contribution is -2.36. The van der Waals surface area contributed by atoms with E-state index >= 15 is 0 Å². The second-order valence-corrected chi connectivity index (χ2v) is 4.86. The van der Waals surface area contributed by atoms with Crippen molar-refractivity contribution in [3.8, 4) is 5.75 Å². The molecular weight excluding hydrogens is 311 g/mol. The molecule has 7 heteroatoms. The number of aromatic hydroxyl groups is 1. The number of phenols is 1. The summed E-state index contributed by atoms with van der Waals surface area (Å²) in [7, 11) is 0. The number of phenolic OH excluding ortho intramolecular Hbond substituents is 1. The van der Waals surface area contributed by atoms with Crippen molar-refractivity contribution in [2.45, 2.75) is 6.92 Å². The van der Waals surface area contributed by atoms with Crippen molar-refractivity contribution in [3.63, 3.8) is 0 Å². The highest BCUT2D eigenvalue weighted by molar-refractivity contribution is 6.09. The molecule has 0 atom stereocenters. The Morgan fingerprint density at radius 3 is 2.22 bits per heavy atom. The van der Waals surface area contributed by atoms with Gasteiger partial charge in [-0.2, -0.15) is 0 Å². The molecule has 0 aliphatic carbocycles. The van der Waals surface area contributed by atoms with Crippen LogP contribution >= 0.6 is 0 Å². The summed E-state index contributed by atoms with van der Waals surface area (Å²) in [5, 5.41) is 9.47. The van der Waals surface area contributed by atoms with Crippen molar-refractivity contribution in [1.29, 1.82) is 0 Å². The van der Waals surface area contributed by atoms with E-state index in [9.17, 15) is 27.9 Å². The van der Waals surface area contributed by atoms with Crippen LogP contribution in [0.2, 0.25) is 0 Å². The predicted octanol–water partition coefficient (Wildman–Crippen LogP) is 3.05. The highest BCUT2D eigenvalue weighted by Gasteiger charge is 2.26. The minimum absolute atomic E-state index is 0.0772. The average molecular weight is 323 g/mol. The monoisotopic (exact) mass is 323 g/mol. The highest BCUT2D eigenvalue weighted by atomic mass is 19.1. The lowest BCUT2D eigenvalue weighted by Gasteiger charge is -2.22. The molecule has 0 saturated carbocycles. The predicted molar refractivity (Wildman–Crippen MR) is 76.8 cm³/mol. The second kappa shape index (κ2) is 6.51. The van der Waals surface area contributed by atoms with E-state index in [0.717, 1.165) is 4.90 Å². The highest BCUT2D eigenvalue weighted by Crippen LogP contribution is 2.24. The Morgan fingerprint density at radius 1 is 1.09 bits per heavy atom. The lowest BCUT2D eigenvalue weighted by atomic mass is 10.1. The summed E-state index contributed by atoms with van der Waals surface area (Å²) in [6, 6.07) is 6.05. The Labute approximate surface area is 129 Å². The van der Waals surface area contributed by atoms with E-state index in [1.165, 1.54) is 31.2 Å². The minimum atomic E-state index is -1.37. The molecule has 2 aromatic carbocycles. The molecule has 1 N–H and O–H groups in total. The normalized spacial score (nSPS) is 10.4. The number of anilines is 1. The molecule has 0 aliphatic rings. The van der Waals surface area contributed by atoms with Gasteiger partial charge in [-0.15, -0.1) is 0 Å². The van der Waals surface area contributed by atoms with E-state index in [1.54, 1.807) is 0 Å². The Kier molecular flexibility index (Phi) is 4.68. The zero-order valence-corrected chi connectivity index (χ0v) is 12.0. The maximum atomic E-state index is 13.8. The van der Waals surface area contributed by atoms with Crippen LogP contribution in [0.4, 0.5) is 18.9 Å². The standard InChI is InChI=1S/C16H12F3NO3/c1-9(21)8-20(11-3-2-4-12(22)7-11)16(23)15-13(18)5-10(17)6-14(15)19/h2-7,22H,8H2,1H3. The summed E-state index contributed by atoms with van der Waals surface area (Å²) in [4.78, 5) is 24.6. The first-order valence-corrected chi connectivity index (χ1v) is 6.54. The molecule has 0 fully saturated rings. The van der Waals surface area contributed by atoms with Gasteiger partial charge in [0.05, 0.1) is 6.54 Å². The summed E-state index contributed by atoms with van der Waals surface area (Å²) < 4.78 is 40.6. The summed E-state index contributed by atoms with van der Waals surface area (Å²) >= 11 is 0. The number of halogens is 3. The van der Waals surface area contributed by atoms with Crippen LogP contribution in [0.15, 0.2) is 36.4 Å². The van der Waals surface area contributed by atoms with Crippen LogP contribution in [0.5, 0.6) is 5.75 Å². The third-order valence-corrected chi connectivity index (χ3v) is 2.99. The largest absolute Gasteiger partial charge is 0.508 e. The smallest absolute Gasteiger partial charge is 0.264 e. The molecule has 2 rings (SSSR count). The molecule has 0 unspecified atom stereocenters. The van der Waals surface area contributed by atoms with Gasteiger partial charge in [0.25, 0.3) is 5.91 Å². The van der Waals surface area contributed by atoms with Crippen molar-refractivity contribution in [1.82, 2.24) is 0 Å². The van der Waals surface area contributed by atoms with Crippen LogP contribution in [0, 0.1) is 17.5 Å². The lowest BCUT2D eigenvalue weighted by molar-refractivity contribution is -0.115. The van der Waals surface area contributed by atoms with Crippen LogP contribution in [0.3, 0.4) is 0 Å². The number of rotatable bonds is 4. The number of hydrogen-bond donors (Lipinski definition) is 1. The molecule has 1 amide bonds. The van der Waals surface area contributed by atoms with Crippen LogP contribution in [0.25, 0.3) is 0 Å². The molecular formula is C16H12F3NO3. The van der Waals surface area contributed by atoms with Gasteiger partial charge >= 0.3 is 0 Å². The number of amides is 1. The Hall–Kier alpha value is -2.83. The van der Waals surface area contributed by atoms with Gasteiger partial charge in [0, 0.05) is 23.9 Å². The number of carbonyl (C=O) groups excluding carboxylic acids is 2. The van der Waals surface area contributed by atoms with E-state index in [4.69, 9.17) is 0 Å². The van der Waals surface area contributed by atoms with Gasteiger partial charge in [0.2, 0.25) is 0 Å². The van der Waals surface area contributed by atoms with E-state index in [2.05, 4.69) is 0 Å². The van der Waals surface area contributed by atoms with Gasteiger partial charge in [0.1, 0.15) is 34.5 Å². The Morgan fingerprint density at radius 2 is 1.70 bits per heavy atom. The third-order valence-electron chi connectivity index (χ3n) is 2.99. The number of benzene rings is 2. The van der Waals surface area contributed by atoms with E-state index in [-0.39, 0.29) is 11.4 Å². The van der Waals surface area contributed by atoms with E-state index in [1.807, 2.05) is 0 Å². The third kappa shape index (κ3) is 3.68. The maximum absolute atomic E-state index is 13.8. The quantitative estimate of drug-likeness (QED) is 0.941. The van der Waals surface area contributed by atoms with Gasteiger partial charge in [-0.3, -0.25) is 9.59 Å². The Balaban J connectivity index is 2.52. The van der Waals surface area contributed by atoms with Crippen molar-refractivity contribution >= 4 is 17.4 Å². The molecule has 0 bridgehead atoms. The van der Waals surface area contributed by atoms with Crippen molar-refractivity contribution in [2.75, 3.05) is 11.4 Å². The van der Waals surface area contributed by atoms with Crippen molar-refractivity contribution in [3.05, 3.63) is 59.4 Å². The number of Topliss-reactive ketones (excluding diaryl/α,β-unsaturated/α-hetero) is 1. The maximum Gasteiger partial charge on any atom is 0.264 e. The zero-order chi connectivity index (χ0) is 17.1.